The van der Waals surface area contributed by atoms with Gasteiger partial charge in [-0.2, -0.15) is 0 Å². The maximum Gasteiger partial charge on any atom is 0.323 e. The van der Waals surface area contributed by atoms with Crippen LogP contribution in [0.15, 0.2) is 54.7 Å². The van der Waals surface area contributed by atoms with Crippen LogP contribution >= 0.6 is 0 Å². The summed E-state index contributed by atoms with van der Waals surface area (Å²) < 4.78 is 9.30. The number of methoxy groups -OCH3 is 1. The summed E-state index contributed by atoms with van der Waals surface area (Å²) in [7, 11) is 6.84. The van der Waals surface area contributed by atoms with Gasteiger partial charge in [-0.05, 0) is 30.3 Å². The second-order valence-electron chi connectivity index (χ2n) is 7.26. The van der Waals surface area contributed by atoms with Crippen LogP contribution in [0, 0.1) is 0 Å². The first-order chi connectivity index (χ1) is 15.4. The van der Waals surface area contributed by atoms with E-state index in [0.717, 1.165) is 5.52 Å². The van der Waals surface area contributed by atoms with Crippen molar-refractivity contribution in [2.75, 3.05) is 24.8 Å². The number of ether oxygens (including phenoxy) is 1. The molecule has 9 heteroatoms. The number of para-hydroxylation sites is 1. The van der Waals surface area contributed by atoms with Gasteiger partial charge in [0, 0.05) is 38.7 Å². The van der Waals surface area contributed by atoms with Gasteiger partial charge in [-0.15, -0.1) is 0 Å². The van der Waals surface area contributed by atoms with Gasteiger partial charge in [0.1, 0.15) is 5.69 Å². The molecule has 3 amide bonds. The van der Waals surface area contributed by atoms with Gasteiger partial charge in [-0.1, -0.05) is 18.2 Å². The average Bonchev–Trinajstić information content (AvgIpc) is 3.29. The molecule has 4 rings (SSSR count). The van der Waals surface area contributed by atoms with Crippen LogP contribution in [0.25, 0.3) is 22.6 Å². The van der Waals surface area contributed by atoms with E-state index in [0.29, 0.717) is 39.7 Å². The van der Waals surface area contributed by atoms with Crippen molar-refractivity contribution in [3.05, 3.63) is 60.3 Å². The van der Waals surface area contributed by atoms with E-state index in [1.165, 1.54) is 7.11 Å². The van der Waals surface area contributed by atoms with Crippen LogP contribution < -0.4 is 20.7 Å². The molecule has 32 heavy (non-hydrogen) atoms. The predicted octanol–water partition coefficient (Wildman–Crippen LogP) is 3.59. The van der Waals surface area contributed by atoms with E-state index in [2.05, 4.69) is 16.0 Å². The number of imidazole rings is 1. The van der Waals surface area contributed by atoms with Crippen molar-refractivity contribution < 1.29 is 14.3 Å². The predicted molar refractivity (Wildman–Crippen MR) is 124 cm³/mol. The van der Waals surface area contributed by atoms with Gasteiger partial charge in [0.2, 0.25) is 0 Å². The van der Waals surface area contributed by atoms with E-state index in [4.69, 9.17) is 9.72 Å². The Morgan fingerprint density at radius 2 is 1.72 bits per heavy atom. The third-order valence-electron chi connectivity index (χ3n) is 5.19. The van der Waals surface area contributed by atoms with Crippen molar-refractivity contribution >= 4 is 34.3 Å². The summed E-state index contributed by atoms with van der Waals surface area (Å²) in [6.45, 7) is 0. The minimum absolute atomic E-state index is 0.238. The Bertz CT molecular complexity index is 1310. The molecule has 0 saturated heterocycles. The van der Waals surface area contributed by atoms with Crippen molar-refractivity contribution in [3.8, 4) is 17.3 Å². The zero-order valence-electron chi connectivity index (χ0n) is 18.3. The molecular formula is C23H24N6O3. The fourth-order valence-electron chi connectivity index (χ4n) is 3.67. The highest BCUT2D eigenvalue weighted by molar-refractivity contribution is 6.01. The summed E-state index contributed by atoms with van der Waals surface area (Å²) >= 11 is 0. The molecule has 0 bridgehead atoms. The topological polar surface area (TPSA) is 102 Å². The van der Waals surface area contributed by atoms with Gasteiger partial charge in [-0.3, -0.25) is 4.79 Å². The lowest BCUT2D eigenvalue weighted by atomic mass is 10.2. The molecule has 0 radical (unpaired) electrons. The van der Waals surface area contributed by atoms with Gasteiger partial charge in [-0.25, -0.2) is 9.78 Å². The number of hydrogen-bond donors (Lipinski definition) is 3. The van der Waals surface area contributed by atoms with E-state index in [9.17, 15) is 9.59 Å². The van der Waals surface area contributed by atoms with Crippen molar-refractivity contribution in [3.63, 3.8) is 0 Å². The smallest absolute Gasteiger partial charge is 0.323 e. The largest absolute Gasteiger partial charge is 0.494 e. The zero-order valence-corrected chi connectivity index (χ0v) is 18.3. The summed E-state index contributed by atoms with van der Waals surface area (Å²) in [4.78, 5) is 29.3. The Kier molecular flexibility index (Phi) is 5.55. The van der Waals surface area contributed by atoms with E-state index in [1.54, 1.807) is 19.3 Å². The number of rotatable bonds is 5. The number of benzene rings is 2. The number of nitrogens with one attached hydrogen (secondary N) is 3. The number of aryl methyl sites for hydroxylation is 2. The second kappa shape index (κ2) is 8.46. The normalized spacial score (nSPS) is 10.8. The van der Waals surface area contributed by atoms with Crippen LogP contribution in [-0.2, 0) is 14.1 Å². The third kappa shape index (κ3) is 3.76. The Hall–Kier alpha value is -4.27. The van der Waals surface area contributed by atoms with Crippen LogP contribution in [-0.4, -0.2) is 40.2 Å². The highest BCUT2D eigenvalue weighted by atomic mass is 16.5. The Balaban J connectivity index is 1.67. The number of hydrogen-bond acceptors (Lipinski definition) is 4. The van der Waals surface area contributed by atoms with Crippen LogP contribution in [0.1, 0.15) is 10.4 Å². The number of fused-ring (bicyclic) bond motifs is 1. The van der Waals surface area contributed by atoms with Gasteiger partial charge in [0.05, 0.1) is 23.7 Å². The van der Waals surface area contributed by atoms with Crippen molar-refractivity contribution in [2.45, 2.75) is 0 Å². The first-order valence-electron chi connectivity index (χ1n) is 9.98. The second-order valence-corrected chi connectivity index (χ2v) is 7.26. The maximum atomic E-state index is 12.3. The molecule has 4 aromatic rings. The molecule has 0 aliphatic rings. The standard InChI is InChI=1S/C23H24N6O3/c1-24-22(30)16-13-28(2)19(20(16)32-4)21-27-17-12-15(10-11-18(17)29(21)3)26-23(31)25-14-8-6-5-7-9-14/h5-13H,1-4H3,(H,24,30)(H2,25,26,31). The zero-order chi connectivity index (χ0) is 22.8. The molecule has 0 aliphatic heterocycles. The lowest BCUT2D eigenvalue weighted by Crippen LogP contribution is -2.19. The summed E-state index contributed by atoms with van der Waals surface area (Å²) in [5.41, 5.74) is 4.00. The quantitative estimate of drug-likeness (QED) is 0.448. The van der Waals surface area contributed by atoms with E-state index in [-0.39, 0.29) is 11.9 Å². The van der Waals surface area contributed by atoms with Crippen molar-refractivity contribution in [1.82, 2.24) is 19.4 Å². The molecule has 0 aliphatic carbocycles. The SMILES string of the molecule is CNC(=O)c1cn(C)c(-c2nc3cc(NC(=O)Nc4ccccc4)ccc3n2C)c1OC. The Morgan fingerprint density at radius 3 is 2.41 bits per heavy atom. The lowest BCUT2D eigenvalue weighted by Gasteiger charge is -2.08. The van der Waals surface area contributed by atoms with Crippen molar-refractivity contribution in [1.29, 1.82) is 0 Å². The Labute approximate surface area is 185 Å². The molecule has 0 atom stereocenters. The number of urea groups is 1. The van der Waals surface area contributed by atoms with Crippen LogP contribution in [0.4, 0.5) is 16.2 Å². The molecular weight excluding hydrogens is 408 g/mol. The lowest BCUT2D eigenvalue weighted by molar-refractivity contribution is 0.0960. The molecule has 0 unspecified atom stereocenters. The third-order valence-corrected chi connectivity index (χ3v) is 5.19. The molecule has 0 saturated carbocycles. The van der Waals surface area contributed by atoms with Gasteiger partial charge in [0.15, 0.2) is 11.6 Å². The Morgan fingerprint density at radius 1 is 1.00 bits per heavy atom. The number of amides is 3. The molecule has 0 fully saturated rings. The number of carbonyl (C=O) groups is 2. The minimum Gasteiger partial charge on any atom is -0.494 e. The van der Waals surface area contributed by atoms with Gasteiger partial charge in [0.25, 0.3) is 5.91 Å². The highest BCUT2D eigenvalue weighted by Crippen LogP contribution is 2.35. The first-order valence-corrected chi connectivity index (χ1v) is 9.98. The van der Waals surface area contributed by atoms with Crippen LogP contribution in [0.2, 0.25) is 0 Å². The average molecular weight is 432 g/mol. The summed E-state index contributed by atoms with van der Waals surface area (Å²) in [6.07, 6.45) is 1.72. The van der Waals surface area contributed by atoms with E-state index >= 15 is 0 Å². The molecule has 0 spiro atoms. The van der Waals surface area contributed by atoms with E-state index in [1.807, 2.05) is 65.7 Å². The van der Waals surface area contributed by atoms with Gasteiger partial charge >= 0.3 is 6.03 Å². The highest BCUT2D eigenvalue weighted by Gasteiger charge is 2.24. The molecule has 3 N–H and O–H groups in total. The fourth-order valence-corrected chi connectivity index (χ4v) is 3.67. The number of anilines is 2. The number of aromatic nitrogens is 3. The molecule has 164 valence electrons. The molecule has 9 nitrogen and oxygen atoms in total. The summed E-state index contributed by atoms with van der Waals surface area (Å²) in [5.74, 6) is 0.851. The fraction of sp³-hybridized carbons (Fsp3) is 0.174. The molecule has 2 heterocycles. The summed E-state index contributed by atoms with van der Waals surface area (Å²) in [5, 5.41) is 8.24. The van der Waals surface area contributed by atoms with E-state index < -0.39 is 0 Å². The number of nitrogens with zero attached hydrogens (tertiary/aromatic N) is 3. The van der Waals surface area contributed by atoms with Gasteiger partial charge < -0.3 is 29.8 Å². The minimum atomic E-state index is -0.342. The van der Waals surface area contributed by atoms with Crippen LogP contribution in [0.5, 0.6) is 5.75 Å². The van der Waals surface area contributed by atoms with Crippen LogP contribution in [0.3, 0.4) is 0 Å². The molecule has 2 aromatic carbocycles. The first kappa shape index (κ1) is 21.0. The summed E-state index contributed by atoms with van der Waals surface area (Å²) in [6, 6.07) is 14.4. The number of carbonyl (C=O) groups excluding carboxylic acids is 2. The van der Waals surface area contributed by atoms with Crippen molar-refractivity contribution in [2.24, 2.45) is 14.1 Å². The molecule has 2 aromatic heterocycles. The maximum absolute atomic E-state index is 12.3. The monoisotopic (exact) mass is 432 g/mol.